The summed E-state index contributed by atoms with van der Waals surface area (Å²) in [5.74, 6) is -0.813. The summed E-state index contributed by atoms with van der Waals surface area (Å²) < 4.78 is 5.03. The summed E-state index contributed by atoms with van der Waals surface area (Å²) in [4.78, 5) is 23.4. The van der Waals surface area contributed by atoms with Gasteiger partial charge in [0.2, 0.25) is 5.91 Å². The van der Waals surface area contributed by atoms with Crippen molar-refractivity contribution in [1.29, 1.82) is 0 Å². The van der Waals surface area contributed by atoms with Gasteiger partial charge < -0.3 is 15.2 Å². The van der Waals surface area contributed by atoms with Crippen LogP contribution in [-0.4, -0.2) is 24.1 Å². The van der Waals surface area contributed by atoms with Crippen LogP contribution >= 0.6 is 0 Å². The topological polar surface area (TPSA) is 75.6 Å². The monoisotopic (exact) mass is 279 g/mol. The summed E-state index contributed by atoms with van der Waals surface area (Å²) in [6.45, 7) is 3.83. The molecule has 110 valence electrons. The summed E-state index contributed by atoms with van der Waals surface area (Å²) >= 11 is 0. The molecule has 1 aromatic carbocycles. The smallest absolute Gasteiger partial charge is 0.330 e. The number of carboxylic acids is 1. The molecule has 1 unspecified atom stereocenters. The van der Waals surface area contributed by atoms with Crippen LogP contribution in [0.2, 0.25) is 0 Å². The Labute approximate surface area is 118 Å². The number of carbonyl (C=O) groups is 2. The fraction of sp³-hybridized carbons (Fsp3) is 0.467. The highest BCUT2D eigenvalue weighted by Crippen LogP contribution is 2.19. The zero-order valence-electron chi connectivity index (χ0n) is 12.1. The highest BCUT2D eigenvalue weighted by Gasteiger charge is 2.24. The molecule has 0 heterocycles. The second-order valence-electron chi connectivity index (χ2n) is 4.57. The molecule has 0 saturated carbocycles. The lowest BCUT2D eigenvalue weighted by atomic mass is 10.0. The van der Waals surface area contributed by atoms with E-state index < -0.39 is 12.0 Å². The van der Waals surface area contributed by atoms with Gasteiger partial charge in [-0.3, -0.25) is 4.79 Å². The Morgan fingerprint density at radius 2 is 1.75 bits per heavy atom. The van der Waals surface area contributed by atoms with Crippen molar-refractivity contribution < 1.29 is 19.4 Å². The van der Waals surface area contributed by atoms with Crippen LogP contribution in [0, 0.1) is 5.92 Å². The van der Waals surface area contributed by atoms with Gasteiger partial charge in [0.05, 0.1) is 7.11 Å². The van der Waals surface area contributed by atoms with E-state index in [4.69, 9.17) is 4.74 Å². The zero-order valence-corrected chi connectivity index (χ0v) is 12.1. The predicted molar refractivity (Wildman–Crippen MR) is 75.6 cm³/mol. The number of carboxylic acid groups (broad SMARTS) is 1. The Bertz CT molecular complexity index is 451. The van der Waals surface area contributed by atoms with Crippen LogP contribution in [0.3, 0.4) is 0 Å². The number of amides is 1. The largest absolute Gasteiger partial charge is 0.497 e. The highest BCUT2D eigenvalue weighted by atomic mass is 16.5. The van der Waals surface area contributed by atoms with Gasteiger partial charge in [-0.1, -0.05) is 26.0 Å². The van der Waals surface area contributed by atoms with Gasteiger partial charge in [-0.15, -0.1) is 0 Å². The van der Waals surface area contributed by atoms with Crippen molar-refractivity contribution in [1.82, 2.24) is 5.32 Å². The lowest BCUT2D eigenvalue weighted by Gasteiger charge is -2.19. The maximum atomic E-state index is 12.0. The van der Waals surface area contributed by atoms with E-state index in [-0.39, 0.29) is 11.8 Å². The number of rotatable bonds is 7. The molecule has 1 amide bonds. The molecule has 0 radical (unpaired) electrons. The standard InChI is InChI=1S/C15H21NO4/c1-4-10(5-2)14(17)16-13(15(18)19)11-6-8-12(20-3)9-7-11/h6-10,13H,4-5H2,1-3H3,(H,16,17)(H,18,19). The quantitative estimate of drug-likeness (QED) is 0.803. The fourth-order valence-corrected chi connectivity index (χ4v) is 2.00. The van der Waals surface area contributed by atoms with Gasteiger partial charge >= 0.3 is 5.97 Å². The van der Waals surface area contributed by atoms with Gasteiger partial charge in [-0.2, -0.15) is 0 Å². The number of methoxy groups -OCH3 is 1. The molecular formula is C15H21NO4. The molecule has 1 rings (SSSR count). The number of hydrogen-bond donors (Lipinski definition) is 2. The van der Waals surface area contributed by atoms with Gasteiger partial charge in [0, 0.05) is 5.92 Å². The second-order valence-corrected chi connectivity index (χ2v) is 4.57. The minimum Gasteiger partial charge on any atom is -0.497 e. The summed E-state index contributed by atoms with van der Waals surface area (Å²) in [5.41, 5.74) is 0.526. The molecule has 5 heteroatoms. The van der Waals surface area contributed by atoms with Crippen molar-refractivity contribution in [3.8, 4) is 5.75 Å². The third kappa shape index (κ3) is 3.98. The number of aliphatic carboxylic acids is 1. The lowest BCUT2D eigenvalue weighted by Crippen LogP contribution is -2.37. The molecule has 0 bridgehead atoms. The van der Waals surface area contributed by atoms with E-state index in [1.807, 2.05) is 13.8 Å². The molecule has 2 N–H and O–H groups in total. The van der Waals surface area contributed by atoms with Crippen molar-refractivity contribution in [2.75, 3.05) is 7.11 Å². The van der Waals surface area contributed by atoms with Crippen LogP contribution < -0.4 is 10.1 Å². The van der Waals surface area contributed by atoms with Gasteiger partial charge in [0.15, 0.2) is 6.04 Å². The van der Waals surface area contributed by atoms with Gasteiger partial charge in [-0.25, -0.2) is 4.79 Å². The van der Waals surface area contributed by atoms with Crippen LogP contribution in [0.1, 0.15) is 38.3 Å². The third-order valence-corrected chi connectivity index (χ3v) is 3.34. The molecule has 1 aromatic rings. The number of carbonyl (C=O) groups excluding carboxylic acids is 1. The Kier molecular flexibility index (Phi) is 6.03. The summed E-state index contributed by atoms with van der Waals surface area (Å²) in [5, 5.41) is 11.9. The van der Waals surface area contributed by atoms with Crippen LogP contribution in [0.15, 0.2) is 24.3 Å². The Morgan fingerprint density at radius 3 is 2.15 bits per heavy atom. The van der Waals surface area contributed by atoms with Gasteiger partial charge in [0.1, 0.15) is 5.75 Å². The zero-order chi connectivity index (χ0) is 15.1. The first-order valence-electron chi connectivity index (χ1n) is 6.70. The molecule has 20 heavy (non-hydrogen) atoms. The number of benzene rings is 1. The van der Waals surface area contributed by atoms with E-state index >= 15 is 0 Å². The molecule has 1 atom stereocenters. The van der Waals surface area contributed by atoms with E-state index in [2.05, 4.69) is 5.32 Å². The minimum absolute atomic E-state index is 0.157. The van der Waals surface area contributed by atoms with Crippen molar-refractivity contribution in [2.45, 2.75) is 32.7 Å². The Morgan fingerprint density at radius 1 is 1.20 bits per heavy atom. The van der Waals surface area contributed by atoms with Crippen LogP contribution in [0.25, 0.3) is 0 Å². The van der Waals surface area contributed by atoms with Crippen LogP contribution in [-0.2, 0) is 9.59 Å². The van der Waals surface area contributed by atoms with Crippen LogP contribution in [0.5, 0.6) is 5.75 Å². The van der Waals surface area contributed by atoms with E-state index in [1.165, 1.54) is 0 Å². The molecule has 0 aliphatic carbocycles. The van der Waals surface area contributed by atoms with E-state index in [0.717, 1.165) is 0 Å². The molecule has 5 nitrogen and oxygen atoms in total. The average molecular weight is 279 g/mol. The van der Waals surface area contributed by atoms with E-state index in [1.54, 1.807) is 31.4 Å². The number of ether oxygens (including phenoxy) is 1. The maximum absolute atomic E-state index is 12.0. The van der Waals surface area contributed by atoms with Crippen LogP contribution in [0.4, 0.5) is 0 Å². The Balaban J connectivity index is 2.88. The molecule has 0 fully saturated rings. The third-order valence-electron chi connectivity index (χ3n) is 3.34. The SMILES string of the molecule is CCC(CC)C(=O)NC(C(=O)O)c1ccc(OC)cc1. The van der Waals surface area contributed by atoms with E-state index in [9.17, 15) is 14.7 Å². The summed E-state index contributed by atoms with van der Waals surface area (Å²) in [7, 11) is 1.54. The van der Waals surface area contributed by atoms with E-state index in [0.29, 0.717) is 24.2 Å². The van der Waals surface area contributed by atoms with Crippen molar-refractivity contribution in [2.24, 2.45) is 5.92 Å². The summed E-state index contributed by atoms with van der Waals surface area (Å²) in [6.07, 6.45) is 1.38. The maximum Gasteiger partial charge on any atom is 0.330 e. The van der Waals surface area contributed by atoms with Crippen molar-refractivity contribution >= 4 is 11.9 Å². The first-order chi connectivity index (χ1) is 9.53. The first-order valence-corrected chi connectivity index (χ1v) is 6.70. The normalized spacial score (nSPS) is 12.0. The minimum atomic E-state index is -1.07. The van der Waals surface area contributed by atoms with Gasteiger partial charge in [-0.05, 0) is 30.5 Å². The fourth-order valence-electron chi connectivity index (χ4n) is 2.00. The second kappa shape index (κ2) is 7.53. The molecule has 0 saturated heterocycles. The summed E-state index contributed by atoms with van der Waals surface area (Å²) in [6, 6.07) is 5.60. The molecule has 0 spiro atoms. The average Bonchev–Trinajstić information content (AvgIpc) is 2.46. The van der Waals surface area contributed by atoms with Crippen molar-refractivity contribution in [3.63, 3.8) is 0 Å². The first kappa shape index (κ1) is 16.0. The highest BCUT2D eigenvalue weighted by molar-refractivity contribution is 5.85. The molecule has 0 aliphatic rings. The number of nitrogens with one attached hydrogen (secondary N) is 1. The lowest BCUT2D eigenvalue weighted by molar-refractivity contribution is -0.142. The van der Waals surface area contributed by atoms with Gasteiger partial charge in [0.25, 0.3) is 0 Å². The number of hydrogen-bond acceptors (Lipinski definition) is 3. The Hall–Kier alpha value is -2.04. The predicted octanol–water partition coefficient (Wildman–Crippen LogP) is 2.37. The molecule has 0 aliphatic heterocycles. The van der Waals surface area contributed by atoms with Crippen molar-refractivity contribution in [3.05, 3.63) is 29.8 Å². The molecular weight excluding hydrogens is 258 g/mol. The molecule has 0 aromatic heterocycles.